The first kappa shape index (κ1) is 21.9. The minimum absolute atomic E-state index is 0.144. The molecule has 0 spiro atoms. The quantitative estimate of drug-likeness (QED) is 0.558. The molecule has 2 amide bonds. The molecule has 2 N–H and O–H groups in total. The lowest BCUT2D eigenvalue weighted by molar-refractivity contribution is -0.119. The molecule has 0 aromatic heterocycles. The van der Waals surface area contributed by atoms with E-state index in [-0.39, 0.29) is 11.5 Å². The van der Waals surface area contributed by atoms with Gasteiger partial charge >= 0.3 is 5.97 Å². The maximum Gasteiger partial charge on any atom is 0.340 e. The molecule has 1 aliphatic heterocycles. The zero-order valence-electron chi connectivity index (χ0n) is 17.9. The molecule has 0 atom stereocenters. The highest BCUT2D eigenvalue weighted by molar-refractivity contribution is 6.08. The summed E-state index contributed by atoms with van der Waals surface area (Å²) in [4.78, 5) is 37.4. The van der Waals surface area contributed by atoms with Crippen LogP contribution < -0.4 is 20.1 Å². The number of rotatable bonds is 6. The molecule has 0 aliphatic carbocycles. The van der Waals surface area contributed by atoms with Crippen LogP contribution in [0.25, 0.3) is 0 Å². The van der Waals surface area contributed by atoms with Gasteiger partial charge in [0.05, 0.1) is 11.3 Å². The molecule has 0 fully saturated rings. The number of anilines is 2. The number of hydrogen-bond donors (Lipinski definition) is 2. The molecular weight excluding hydrogens is 424 g/mol. The second kappa shape index (κ2) is 9.86. The topological polar surface area (TPSA) is 103 Å². The Labute approximate surface area is 190 Å². The fourth-order valence-electron chi connectivity index (χ4n) is 3.28. The van der Waals surface area contributed by atoms with Gasteiger partial charge in [0.15, 0.2) is 18.1 Å². The average Bonchev–Trinajstić information content (AvgIpc) is 2.83. The zero-order valence-corrected chi connectivity index (χ0v) is 17.9. The molecule has 1 aliphatic rings. The van der Waals surface area contributed by atoms with Gasteiger partial charge in [-0.3, -0.25) is 9.59 Å². The second-order valence-corrected chi connectivity index (χ2v) is 7.35. The van der Waals surface area contributed by atoms with E-state index in [2.05, 4.69) is 10.6 Å². The summed E-state index contributed by atoms with van der Waals surface area (Å²) in [5.74, 6) is -0.451. The predicted octanol–water partition coefficient (Wildman–Crippen LogP) is 3.81. The van der Waals surface area contributed by atoms with E-state index in [4.69, 9.17) is 14.2 Å². The monoisotopic (exact) mass is 446 g/mol. The molecule has 3 aromatic rings. The van der Waals surface area contributed by atoms with Gasteiger partial charge in [0.2, 0.25) is 0 Å². The number of nitrogens with one attached hydrogen (secondary N) is 2. The lowest BCUT2D eigenvalue weighted by Gasteiger charge is -2.19. The zero-order chi connectivity index (χ0) is 23.2. The molecule has 0 radical (unpaired) electrons. The summed E-state index contributed by atoms with van der Waals surface area (Å²) in [6.07, 6.45) is 0. The summed E-state index contributed by atoms with van der Waals surface area (Å²) in [6, 6.07) is 18.6. The Balaban J connectivity index is 1.37. The van der Waals surface area contributed by atoms with E-state index in [1.165, 1.54) is 6.07 Å². The number of amides is 2. The lowest BCUT2D eigenvalue weighted by Crippen LogP contribution is -2.22. The van der Waals surface area contributed by atoms with Gasteiger partial charge in [-0.25, -0.2) is 4.79 Å². The average molecular weight is 446 g/mol. The lowest BCUT2D eigenvalue weighted by atomic mass is 10.1. The third kappa shape index (κ3) is 5.48. The van der Waals surface area contributed by atoms with Crippen LogP contribution in [0.5, 0.6) is 11.5 Å². The molecule has 8 nitrogen and oxygen atoms in total. The number of para-hydroxylation sites is 1. The molecule has 0 unspecified atom stereocenters. The number of esters is 1. The van der Waals surface area contributed by atoms with E-state index in [0.717, 1.165) is 5.56 Å². The highest BCUT2D eigenvalue weighted by atomic mass is 16.6. The van der Waals surface area contributed by atoms with Crippen LogP contribution in [-0.4, -0.2) is 37.6 Å². The molecule has 4 rings (SSSR count). The maximum absolute atomic E-state index is 12.6. The first-order valence-corrected chi connectivity index (χ1v) is 10.3. The van der Waals surface area contributed by atoms with Crippen molar-refractivity contribution in [2.75, 3.05) is 30.5 Å². The van der Waals surface area contributed by atoms with Crippen LogP contribution in [0.2, 0.25) is 0 Å². The fourth-order valence-corrected chi connectivity index (χ4v) is 3.28. The highest BCUT2D eigenvalue weighted by Gasteiger charge is 2.17. The SMILES string of the molecule is Cc1cccc(C(=O)Nc2ccccc2C(=O)OCC(=O)Nc2ccc3c(c2)OCCO3)c1. The van der Waals surface area contributed by atoms with Crippen molar-refractivity contribution in [1.82, 2.24) is 0 Å². The highest BCUT2D eigenvalue weighted by Crippen LogP contribution is 2.32. The number of ether oxygens (including phenoxy) is 3. The number of fused-ring (bicyclic) bond motifs is 1. The number of benzene rings is 3. The summed E-state index contributed by atoms with van der Waals surface area (Å²) in [7, 11) is 0. The summed E-state index contributed by atoms with van der Waals surface area (Å²) >= 11 is 0. The van der Waals surface area contributed by atoms with Crippen molar-refractivity contribution in [2.45, 2.75) is 6.92 Å². The molecule has 0 saturated heterocycles. The van der Waals surface area contributed by atoms with Gasteiger partial charge in [-0.2, -0.15) is 0 Å². The smallest absolute Gasteiger partial charge is 0.340 e. The van der Waals surface area contributed by atoms with Crippen LogP contribution in [0.15, 0.2) is 66.7 Å². The van der Waals surface area contributed by atoms with Crippen molar-refractivity contribution in [1.29, 1.82) is 0 Å². The molecule has 3 aromatic carbocycles. The minimum Gasteiger partial charge on any atom is -0.486 e. The Bertz CT molecular complexity index is 1210. The Kier molecular flexibility index (Phi) is 6.54. The Morgan fingerprint density at radius 3 is 2.48 bits per heavy atom. The molecule has 33 heavy (non-hydrogen) atoms. The van der Waals surface area contributed by atoms with E-state index in [1.54, 1.807) is 54.6 Å². The number of carbonyl (C=O) groups excluding carboxylic acids is 3. The van der Waals surface area contributed by atoms with E-state index in [1.807, 2.05) is 13.0 Å². The number of carbonyl (C=O) groups is 3. The van der Waals surface area contributed by atoms with E-state index < -0.39 is 18.5 Å². The fraction of sp³-hybridized carbons (Fsp3) is 0.160. The summed E-state index contributed by atoms with van der Waals surface area (Å²) in [5, 5.41) is 5.38. The van der Waals surface area contributed by atoms with Crippen molar-refractivity contribution in [3.05, 3.63) is 83.4 Å². The Morgan fingerprint density at radius 1 is 0.879 bits per heavy atom. The summed E-state index contributed by atoms with van der Waals surface area (Å²) < 4.78 is 16.1. The standard InChI is InChI=1S/C25H22N2O6/c1-16-5-4-6-17(13-16)24(29)27-20-8-3-2-7-19(20)25(30)33-15-23(28)26-18-9-10-21-22(14-18)32-12-11-31-21/h2-10,13-14H,11-12,15H2,1H3,(H,26,28)(H,27,29). The van der Waals surface area contributed by atoms with Crippen LogP contribution in [0.1, 0.15) is 26.3 Å². The molecule has 8 heteroatoms. The van der Waals surface area contributed by atoms with Crippen molar-refractivity contribution in [2.24, 2.45) is 0 Å². The largest absolute Gasteiger partial charge is 0.486 e. The predicted molar refractivity (Wildman–Crippen MR) is 122 cm³/mol. The summed E-state index contributed by atoms with van der Waals surface area (Å²) in [5.41, 5.74) is 2.34. The van der Waals surface area contributed by atoms with Gasteiger partial charge in [0, 0.05) is 17.3 Å². The molecule has 168 valence electrons. The first-order valence-electron chi connectivity index (χ1n) is 10.3. The van der Waals surface area contributed by atoms with Gasteiger partial charge < -0.3 is 24.8 Å². The van der Waals surface area contributed by atoms with Crippen LogP contribution in [0.4, 0.5) is 11.4 Å². The third-order valence-corrected chi connectivity index (χ3v) is 4.84. The van der Waals surface area contributed by atoms with Crippen LogP contribution in [0.3, 0.4) is 0 Å². The van der Waals surface area contributed by atoms with Crippen molar-refractivity contribution < 1.29 is 28.6 Å². The third-order valence-electron chi connectivity index (χ3n) is 4.84. The number of aryl methyl sites for hydroxylation is 1. The van der Waals surface area contributed by atoms with E-state index in [0.29, 0.717) is 41.7 Å². The normalized spacial score (nSPS) is 11.9. The molecule has 1 heterocycles. The van der Waals surface area contributed by atoms with Gasteiger partial charge in [-0.15, -0.1) is 0 Å². The molecular formula is C25H22N2O6. The Hall–Kier alpha value is -4.33. The van der Waals surface area contributed by atoms with Gasteiger partial charge in [-0.05, 0) is 43.3 Å². The van der Waals surface area contributed by atoms with E-state index in [9.17, 15) is 14.4 Å². The van der Waals surface area contributed by atoms with Crippen molar-refractivity contribution >= 4 is 29.2 Å². The van der Waals surface area contributed by atoms with Crippen molar-refractivity contribution in [3.63, 3.8) is 0 Å². The first-order chi connectivity index (χ1) is 16.0. The summed E-state index contributed by atoms with van der Waals surface area (Å²) in [6.45, 7) is 2.30. The minimum atomic E-state index is -0.729. The van der Waals surface area contributed by atoms with Crippen LogP contribution in [-0.2, 0) is 9.53 Å². The van der Waals surface area contributed by atoms with Gasteiger partial charge in [0.25, 0.3) is 11.8 Å². The Morgan fingerprint density at radius 2 is 1.67 bits per heavy atom. The van der Waals surface area contributed by atoms with Gasteiger partial charge in [-0.1, -0.05) is 29.8 Å². The van der Waals surface area contributed by atoms with Crippen molar-refractivity contribution in [3.8, 4) is 11.5 Å². The molecule has 0 saturated carbocycles. The van der Waals surface area contributed by atoms with Crippen LogP contribution >= 0.6 is 0 Å². The number of hydrogen-bond acceptors (Lipinski definition) is 6. The van der Waals surface area contributed by atoms with Crippen LogP contribution in [0, 0.1) is 6.92 Å². The molecule has 0 bridgehead atoms. The van der Waals surface area contributed by atoms with Gasteiger partial charge in [0.1, 0.15) is 13.2 Å². The maximum atomic E-state index is 12.6. The second-order valence-electron chi connectivity index (χ2n) is 7.35. The van der Waals surface area contributed by atoms with E-state index >= 15 is 0 Å².